The molecule has 1 heterocycles. The Labute approximate surface area is 89.5 Å². The van der Waals surface area contributed by atoms with Crippen LogP contribution in [0.3, 0.4) is 0 Å². The largest absolute Gasteiger partial charge is 0.478 e. The predicted molar refractivity (Wildman–Crippen MR) is 56.9 cm³/mol. The van der Waals surface area contributed by atoms with Gasteiger partial charge in [0, 0.05) is 20.2 Å². The molecule has 7 heteroatoms. The first-order valence-electron chi connectivity index (χ1n) is 3.66. The average molecular weight is 231 g/mol. The topological polar surface area (TPSA) is 66.3 Å². The van der Waals surface area contributed by atoms with Crippen LogP contribution in [0.15, 0.2) is 15.8 Å². The van der Waals surface area contributed by atoms with E-state index >= 15 is 0 Å². The molecule has 0 aliphatic carbocycles. The summed E-state index contributed by atoms with van der Waals surface area (Å²) in [7, 11) is 3.75. The van der Waals surface area contributed by atoms with Crippen LogP contribution in [0.25, 0.3) is 0 Å². The molecular weight excluding hydrogens is 222 g/mol. The summed E-state index contributed by atoms with van der Waals surface area (Å²) in [6.45, 7) is 0. The van der Waals surface area contributed by atoms with Crippen LogP contribution in [0, 0.1) is 0 Å². The monoisotopic (exact) mass is 231 g/mol. The Hall–Kier alpha value is -1.08. The van der Waals surface area contributed by atoms with Crippen LogP contribution >= 0.6 is 23.1 Å². The Balaban J connectivity index is 2.56. The summed E-state index contributed by atoms with van der Waals surface area (Å²) < 4.78 is 0.728. The quantitative estimate of drug-likeness (QED) is 0.622. The van der Waals surface area contributed by atoms with Crippen molar-refractivity contribution in [1.29, 1.82) is 0 Å². The van der Waals surface area contributed by atoms with Gasteiger partial charge in [-0.3, -0.25) is 0 Å². The molecule has 1 aromatic rings. The third-order valence-corrected chi connectivity index (χ3v) is 3.14. The minimum atomic E-state index is -0.963. The molecule has 0 aliphatic rings. The molecule has 0 saturated heterocycles. The van der Waals surface area contributed by atoms with E-state index in [0.717, 1.165) is 15.5 Å². The van der Waals surface area contributed by atoms with Crippen LogP contribution in [0.2, 0.25) is 0 Å². The molecule has 1 N–H and O–H groups in total. The maximum absolute atomic E-state index is 10.2. The number of aliphatic carboxylic acids is 1. The number of nitrogens with zero attached hydrogens (tertiary/aromatic N) is 3. The number of thioether (sulfide) groups is 1. The molecule has 1 aromatic heterocycles. The Morgan fingerprint density at radius 2 is 2.29 bits per heavy atom. The van der Waals surface area contributed by atoms with Crippen molar-refractivity contribution < 1.29 is 9.90 Å². The molecule has 1 rings (SSSR count). The Kier molecular flexibility index (Phi) is 3.90. The first-order chi connectivity index (χ1) is 6.59. The van der Waals surface area contributed by atoms with E-state index in [4.69, 9.17) is 5.11 Å². The van der Waals surface area contributed by atoms with E-state index < -0.39 is 5.97 Å². The van der Waals surface area contributed by atoms with Crippen LogP contribution in [0.1, 0.15) is 0 Å². The van der Waals surface area contributed by atoms with Gasteiger partial charge in [-0.2, -0.15) is 0 Å². The molecule has 0 atom stereocenters. The highest BCUT2D eigenvalue weighted by atomic mass is 32.2. The minimum Gasteiger partial charge on any atom is -0.478 e. The van der Waals surface area contributed by atoms with Gasteiger partial charge in [-0.15, -0.1) is 10.2 Å². The van der Waals surface area contributed by atoms with Crippen molar-refractivity contribution >= 4 is 34.2 Å². The number of hydrogen-bond donors (Lipinski definition) is 1. The normalized spacial score (nSPS) is 10.7. The van der Waals surface area contributed by atoms with Crippen molar-refractivity contribution in [1.82, 2.24) is 10.2 Å². The number of anilines is 1. The molecule has 0 fully saturated rings. The number of carboxylic acids is 1. The minimum absolute atomic E-state index is 0.728. The smallest absolute Gasteiger partial charge is 0.328 e. The van der Waals surface area contributed by atoms with Crippen LogP contribution in [-0.4, -0.2) is 35.4 Å². The molecule has 0 radical (unpaired) electrons. The molecule has 0 bridgehead atoms. The molecule has 0 amide bonds. The SMILES string of the molecule is CN(C)c1nnc(SC=CC(=O)O)s1. The molecule has 0 aliphatic heterocycles. The van der Waals surface area contributed by atoms with Gasteiger partial charge in [-0.05, 0) is 5.41 Å². The van der Waals surface area contributed by atoms with Crippen molar-refractivity contribution in [2.45, 2.75) is 4.34 Å². The summed E-state index contributed by atoms with van der Waals surface area (Å²) in [6.07, 6.45) is 1.07. The van der Waals surface area contributed by atoms with Gasteiger partial charge in [0.05, 0.1) is 0 Å². The lowest BCUT2D eigenvalue weighted by molar-refractivity contribution is -0.131. The Bertz CT molecular complexity index is 348. The molecule has 76 valence electrons. The number of aromatic nitrogens is 2. The lowest BCUT2D eigenvalue weighted by atomic mass is 10.7. The zero-order valence-electron chi connectivity index (χ0n) is 7.67. The van der Waals surface area contributed by atoms with E-state index in [0.29, 0.717) is 0 Å². The Morgan fingerprint density at radius 1 is 1.57 bits per heavy atom. The lowest BCUT2D eigenvalue weighted by Crippen LogP contribution is -2.07. The summed E-state index contributed by atoms with van der Waals surface area (Å²) in [6, 6.07) is 0. The standard InChI is InChI=1S/C7H9N3O2S2/c1-10(2)6-8-9-7(14-6)13-4-3-5(11)12/h3-4H,1-2H3,(H,11,12). The summed E-state index contributed by atoms with van der Waals surface area (Å²) in [5, 5.41) is 18.4. The average Bonchev–Trinajstić information content (AvgIpc) is 2.52. The molecule has 5 nitrogen and oxygen atoms in total. The van der Waals surface area contributed by atoms with Crippen LogP contribution in [-0.2, 0) is 4.79 Å². The van der Waals surface area contributed by atoms with E-state index in [1.807, 2.05) is 19.0 Å². The van der Waals surface area contributed by atoms with Crippen molar-refractivity contribution in [3.05, 3.63) is 11.5 Å². The van der Waals surface area contributed by atoms with E-state index in [-0.39, 0.29) is 0 Å². The van der Waals surface area contributed by atoms with Crippen LogP contribution < -0.4 is 4.90 Å². The van der Waals surface area contributed by atoms with Gasteiger partial charge in [-0.1, -0.05) is 23.1 Å². The number of carbonyl (C=O) groups is 1. The third kappa shape index (κ3) is 3.35. The first kappa shape index (κ1) is 11.0. The van der Waals surface area contributed by atoms with Crippen LogP contribution in [0.4, 0.5) is 5.13 Å². The lowest BCUT2D eigenvalue weighted by Gasteiger charge is -2.03. The van der Waals surface area contributed by atoms with Gasteiger partial charge in [-0.25, -0.2) is 4.79 Å². The molecule has 0 aromatic carbocycles. The third-order valence-electron chi connectivity index (χ3n) is 1.16. The molecule has 0 spiro atoms. The summed E-state index contributed by atoms with van der Waals surface area (Å²) >= 11 is 2.66. The highest BCUT2D eigenvalue weighted by Crippen LogP contribution is 2.27. The maximum Gasteiger partial charge on any atom is 0.328 e. The van der Waals surface area contributed by atoms with Gasteiger partial charge < -0.3 is 10.0 Å². The van der Waals surface area contributed by atoms with Crippen molar-refractivity contribution in [2.75, 3.05) is 19.0 Å². The fraction of sp³-hybridized carbons (Fsp3) is 0.286. The van der Waals surface area contributed by atoms with Crippen molar-refractivity contribution in [2.24, 2.45) is 0 Å². The highest BCUT2D eigenvalue weighted by molar-refractivity contribution is 8.03. The molecule has 14 heavy (non-hydrogen) atoms. The van der Waals surface area contributed by atoms with Gasteiger partial charge >= 0.3 is 5.97 Å². The second kappa shape index (κ2) is 4.97. The van der Waals surface area contributed by atoms with Gasteiger partial charge in [0.1, 0.15) is 0 Å². The van der Waals surface area contributed by atoms with Crippen molar-refractivity contribution in [3.63, 3.8) is 0 Å². The van der Waals surface area contributed by atoms with E-state index in [1.54, 1.807) is 0 Å². The first-order valence-corrected chi connectivity index (χ1v) is 5.36. The van der Waals surface area contributed by atoms with Crippen LogP contribution in [0.5, 0.6) is 0 Å². The number of rotatable bonds is 4. The zero-order chi connectivity index (χ0) is 10.6. The number of carboxylic acid groups (broad SMARTS) is 1. The second-order valence-electron chi connectivity index (χ2n) is 2.50. The van der Waals surface area contributed by atoms with E-state index in [9.17, 15) is 4.79 Å². The fourth-order valence-electron chi connectivity index (χ4n) is 0.581. The maximum atomic E-state index is 10.2. The highest BCUT2D eigenvalue weighted by Gasteiger charge is 2.04. The van der Waals surface area contributed by atoms with Gasteiger partial charge in [0.15, 0.2) is 4.34 Å². The number of hydrogen-bond acceptors (Lipinski definition) is 6. The van der Waals surface area contributed by atoms with Crippen molar-refractivity contribution in [3.8, 4) is 0 Å². The Morgan fingerprint density at radius 3 is 2.79 bits per heavy atom. The summed E-state index contributed by atoms with van der Waals surface area (Å²) in [4.78, 5) is 12.0. The molecular formula is C7H9N3O2S2. The summed E-state index contributed by atoms with van der Waals surface area (Å²) in [5.74, 6) is -0.963. The molecule has 0 saturated carbocycles. The fourth-order valence-corrected chi connectivity index (χ4v) is 2.05. The van der Waals surface area contributed by atoms with Gasteiger partial charge in [0.25, 0.3) is 0 Å². The zero-order valence-corrected chi connectivity index (χ0v) is 9.30. The van der Waals surface area contributed by atoms with E-state index in [1.165, 1.54) is 28.5 Å². The van der Waals surface area contributed by atoms with E-state index in [2.05, 4.69) is 10.2 Å². The predicted octanol–water partition coefficient (Wildman–Crippen LogP) is 1.29. The second-order valence-corrected chi connectivity index (χ2v) is 4.61. The molecule has 0 unspecified atom stereocenters. The summed E-state index contributed by atoms with van der Waals surface area (Å²) in [5.41, 5.74) is 0. The van der Waals surface area contributed by atoms with Gasteiger partial charge in [0.2, 0.25) is 5.13 Å².